The van der Waals surface area contributed by atoms with Crippen molar-refractivity contribution >= 4 is 88.5 Å². The van der Waals surface area contributed by atoms with Crippen molar-refractivity contribution < 1.29 is 4.42 Å². The highest BCUT2D eigenvalue weighted by Gasteiger charge is 2.21. The van der Waals surface area contributed by atoms with Crippen LogP contribution >= 0.6 is 0 Å². The van der Waals surface area contributed by atoms with Gasteiger partial charge >= 0.3 is 0 Å². The van der Waals surface area contributed by atoms with Crippen LogP contribution in [0.15, 0.2) is 59.1 Å². The Morgan fingerprint density at radius 1 is 0.719 bits per heavy atom. The first-order valence-electron chi connectivity index (χ1n) is 10.8. The molecule has 5 aromatic rings. The number of fused-ring (bicyclic) bond motifs is 3. The first-order chi connectivity index (χ1) is 15.4. The second-order valence-corrected chi connectivity index (χ2v) is 8.51. The van der Waals surface area contributed by atoms with E-state index >= 15 is 0 Å². The van der Waals surface area contributed by atoms with E-state index in [0.717, 1.165) is 44.3 Å². The van der Waals surface area contributed by atoms with E-state index in [0.29, 0.717) is 5.56 Å². The van der Waals surface area contributed by atoms with E-state index in [1.807, 2.05) is 42.5 Å². The van der Waals surface area contributed by atoms with Crippen LogP contribution in [0.1, 0.15) is 5.56 Å². The number of pyridine rings is 1. The van der Waals surface area contributed by atoms with Crippen LogP contribution in [0.3, 0.4) is 0 Å². The number of hydrogen-bond donors (Lipinski definition) is 0. The number of para-hydroxylation sites is 1. The molecule has 0 aliphatic carbocycles. The molecule has 0 aliphatic rings. The largest absolute Gasteiger partial charge is 0.455 e. The number of hydrogen-bond acceptors (Lipinski definition) is 3. The lowest BCUT2D eigenvalue weighted by Gasteiger charge is -2.20. The van der Waals surface area contributed by atoms with Gasteiger partial charge in [-0.05, 0) is 35.9 Å². The number of nitrogens with zero attached hydrogens (tertiary/aromatic N) is 2. The molecular formula is C24H19B5N2O. The molecule has 0 unspecified atom stereocenters. The Kier molecular flexibility index (Phi) is 4.79. The SMILES string of the molecule is Bc1c(B)c(B)c(-c2cc(C#N)cc3c2oc2c(-c4ccccn4)cccc23)c(B)c1B. The van der Waals surface area contributed by atoms with Gasteiger partial charge in [0.05, 0.1) is 17.3 Å². The minimum Gasteiger partial charge on any atom is -0.455 e. The molecule has 0 N–H and O–H groups in total. The monoisotopic (exact) mass is 406 g/mol. The van der Waals surface area contributed by atoms with Crippen molar-refractivity contribution in [2.45, 2.75) is 0 Å². The van der Waals surface area contributed by atoms with Crippen LogP contribution in [0, 0.1) is 11.3 Å². The molecule has 3 aromatic carbocycles. The summed E-state index contributed by atoms with van der Waals surface area (Å²) < 4.78 is 6.59. The zero-order chi connectivity index (χ0) is 22.6. The molecule has 2 aromatic heterocycles. The van der Waals surface area contributed by atoms with Gasteiger partial charge in [-0.15, -0.1) is 16.4 Å². The lowest BCUT2D eigenvalue weighted by Crippen LogP contribution is -2.55. The lowest BCUT2D eigenvalue weighted by atomic mass is 9.59. The lowest BCUT2D eigenvalue weighted by molar-refractivity contribution is 0.671. The van der Waals surface area contributed by atoms with E-state index in [9.17, 15) is 5.26 Å². The molecule has 3 nitrogen and oxygen atoms in total. The van der Waals surface area contributed by atoms with Gasteiger partial charge in [0.1, 0.15) is 50.4 Å². The second-order valence-electron chi connectivity index (χ2n) is 8.51. The van der Waals surface area contributed by atoms with Crippen LogP contribution in [-0.2, 0) is 0 Å². The van der Waals surface area contributed by atoms with Gasteiger partial charge in [-0.3, -0.25) is 4.98 Å². The van der Waals surface area contributed by atoms with Crippen LogP contribution in [0.25, 0.3) is 44.3 Å². The molecule has 0 amide bonds. The number of nitriles is 1. The predicted molar refractivity (Wildman–Crippen MR) is 148 cm³/mol. The van der Waals surface area contributed by atoms with Crippen molar-refractivity contribution in [1.29, 1.82) is 5.26 Å². The van der Waals surface area contributed by atoms with E-state index in [1.54, 1.807) is 6.20 Å². The van der Waals surface area contributed by atoms with Crippen molar-refractivity contribution in [1.82, 2.24) is 4.98 Å². The zero-order valence-corrected chi connectivity index (χ0v) is 19.0. The van der Waals surface area contributed by atoms with Crippen LogP contribution < -0.4 is 27.3 Å². The normalized spacial score (nSPS) is 11.1. The van der Waals surface area contributed by atoms with Crippen LogP contribution in [0.2, 0.25) is 0 Å². The van der Waals surface area contributed by atoms with Gasteiger partial charge < -0.3 is 4.42 Å². The van der Waals surface area contributed by atoms with E-state index in [2.05, 4.69) is 56.4 Å². The molecule has 8 heteroatoms. The maximum atomic E-state index is 9.81. The molecule has 5 rings (SSSR count). The summed E-state index contributed by atoms with van der Waals surface area (Å²) >= 11 is 0. The van der Waals surface area contributed by atoms with E-state index in [-0.39, 0.29) is 0 Å². The zero-order valence-electron chi connectivity index (χ0n) is 19.0. The highest BCUT2D eigenvalue weighted by Crippen LogP contribution is 2.39. The first-order valence-corrected chi connectivity index (χ1v) is 10.8. The van der Waals surface area contributed by atoms with E-state index in [1.165, 1.54) is 27.3 Å². The Balaban J connectivity index is 1.94. The van der Waals surface area contributed by atoms with Crippen molar-refractivity contribution in [3.8, 4) is 28.5 Å². The summed E-state index contributed by atoms with van der Waals surface area (Å²) in [5.41, 5.74) is 12.5. The minimum atomic E-state index is 0.633. The fourth-order valence-electron chi connectivity index (χ4n) is 4.78. The first kappa shape index (κ1) is 20.3. The standard InChI is InChI=1S/C24H19B5N2O/c25-18-17(19(26)21(28)22(29)20(18)27)15-9-11(10-30)8-14-12-4-3-5-13(23(12)32-24(14)15)16-6-1-2-7-31-16/h1-9H,25-29H2. The third-order valence-corrected chi connectivity index (χ3v) is 6.94. The van der Waals surface area contributed by atoms with Gasteiger partial charge in [0, 0.05) is 28.1 Å². The Hall–Kier alpha value is -3.58. The van der Waals surface area contributed by atoms with Crippen molar-refractivity contribution in [2.75, 3.05) is 0 Å². The fourth-order valence-corrected chi connectivity index (χ4v) is 4.78. The maximum Gasteiger partial charge on any atom is 0.144 e. The maximum absolute atomic E-state index is 9.81. The van der Waals surface area contributed by atoms with Gasteiger partial charge in [0.2, 0.25) is 0 Å². The number of rotatable bonds is 2. The van der Waals surface area contributed by atoms with Crippen molar-refractivity contribution in [3.05, 3.63) is 60.3 Å². The Labute approximate surface area is 191 Å². The van der Waals surface area contributed by atoms with Crippen molar-refractivity contribution in [3.63, 3.8) is 0 Å². The number of furan rings is 1. The molecule has 0 fully saturated rings. The Morgan fingerprint density at radius 2 is 1.41 bits per heavy atom. The van der Waals surface area contributed by atoms with Gasteiger partial charge in [0.25, 0.3) is 0 Å². The molecule has 0 radical (unpaired) electrons. The Morgan fingerprint density at radius 3 is 2.06 bits per heavy atom. The van der Waals surface area contributed by atoms with Crippen LogP contribution in [0.5, 0.6) is 0 Å². The molecule has 32 heavy (non-hydrogen) atoms. The second kappa shape index (κ2) is 7.53. The molecule has 2 heterocycles. The highest BCUT2D eigenvalue weighted by molar-refractivity contribution is 6.68. The molecular weight excluding hydrogens is 386 g/mol. The molecule has 0 spiro atoms. The van der Waals surface area contributed by atoms with Crippen LogP contribution in [0.4, 0.5) is 0 Å². The molecule has 0 saturated heterocycles. The quantitative estimate of drug-likeness (QED) is 0.305. The predicted octanol–water partition coefficient (Wildman–Crippen LogP) is -2.52. The Bertz CT molecular complexity index is 1560. The minimum absolute atomic E-state index is 0.633. The average Bonchev–Trinajstić information content (AvgIpc) is 3.21. The van der Waals surface area contributed by atoms with Crippen LogP contribution in [-0.4, -0.2) is 44.2 Å². The van der Waals surface area contributed by atoms with Crippen molar-refractivity contribution in [2.24, 2.45) is 0 Å². The smallest absolute Gasteiger partial charge is 0.144 e. The average molecular weight is 405 g/mol. The molecule has 0 atom stereocenters. The summed E-state index contributed by atoms with van der Waals surface area (Å²) in [6.45, 7) is 0. The van der Waals surface area contributed by atoms with Gasteiger partial charge in [-0.1, -0.05) is 29.1 Å². The third kappa shape index (κ3) is 2.92. The summed E-state index contributed by atoms with van der Waals surface area (Å²) in [5, 5.41) is 11.8. The van der Waals surface area contributed by atoms with Gasteiger partial charge in [0.15, 0.2) is 0 Å². The molecule has 0 saturated carbocycles. The summed E-state index contributed by atoms with van der Waals surface area (Å²) in [7, 11) is 10.8. The number of aromatic nitrogens is 1. The van der Waals surface area contributed by atoms with E-state index < -0.39 is 0 Å². The summed E-state index contributed by atoms with van der Waals surface area (Å²) in [6.07, 6.45) is 1.79. The van der Waals surface area contributed by atoms with Gasteiger partial charge in [-0.2, -0.15) is 5.26 Å². The fraction of sp³-hybridized carbons (Fsp3) is 0. The van der Waals surface area contributed by atoms with Gasteiger partial charge in [-0.25, -0.2) is 0 Å². The topological polar surface area (TPSA) is 49.8 Å². The number of benzene rings is 3. The summed E-state index contributed by atoms with van der Waals surface area (Å²) in [5.74, 6) is 0. The highest BCUT2D eigenvalue weighted by atomic mass is 16.3. The third-order valence-electron chi connectivity index (χ3n) is 6.94. The summed E-state index contributed by atoms with van der Waals surface area (Å²) in [4.78, 5) is 4.53. The summed E-state index contributed by atoms with van der Waals surface area (Å²) in [6, 6.07) is 18.3. The molecule has 146 valence electrons. The molecule has 0 aliphatic heterocycles. The molecule has 0 bridgehead atoms. The van der Waals surface area contributed by atoms with E-state index in [4.69, 9.17) is 4.42 Å².